The van der Waals surface area contributed by atoms with Gasteiger partial charge in [-0.1, -0.05) is 0 Å². The Hall–Kier alpha value is -2.67. The van der Waals surface area contributed by atoms with Crippen LogP contribution in [0.5, 0.6) is 0 Å². The molecule has 1 fully saturated rings. The molecule has 1 saturated heterocycles. The number of benzene rings is 1. The highest BCUT2D eigenvalue weighted by molar-refractivity contribution is 5.94. The van der Waals surface area contributed by atoms with E-state index in [0.717, 1.165) is 37.2 Å². The Balaban J connectivity index is 0.000000345. The number of hydrogen-bond donors (Lipinski definition) is 1. The van der Waals surface area contributed by atoms with Crippen LogP contribution in [0.3, 0.4) is 0 Å². The Labute approximate surface area is 166 Å². The summed E-state index contributed by atoms with van der Waals surface area (Å²) in [6.07, 6.45) is 5.67. The Morgan fingerprint density at radius 3 is 2.36 bits per heavy atom. The van der Waals surface area contributed by atoms with Crippen molar-refractivity contribution in [1.29, 1.82) is 0 Å². The summed E-state index contributed by atoms with van der Waals surface area (Å²) in [5.74, 6) is 0.0916. The van der Waals surface area contributed by atoms with Gasteiger partial charge in [-0.15, -0.1) is 0 Å². The van der Waals surface area contributed by atoms with Gasteiger partial charge in [-0.25, -0.2) is 4.68 Å². The van der Waals surface area contributed by atoms with Gasteiger partial charge in [0.1, 0.15) is 5.60 Å². The van der Waals surface area contributed by atoms with E-state index in [1.807, 2.05) is 69.2 Å². The number of carbonyl (C=O) groups excluding carboxylic acids is 2. The molecule has 2 heterocycles. The Morgan fingerprint density at radius 2 is 1.89 bits per heavy atom. The van der Waals surface area contributed by atoms with Gasteiger partial charge in [0, 0.05) is 31.0 Å². The highest BCUT2D eigenvalue weighted by Gasteiger charge is 2.22. The van der Waals surface area contributed by atoms with Gasteiger partial charge in [0.05, 0.1) is 5.69 Å². The van der Waals surface area contributed by atoms with E-state index >= 15 is 0 Å². The van der Waals surface area contributed by atoms with Crippen LogP contribution in [0.4, 0.5) is 0 Å². The zero-order valence-electron chi connectivity index (χ0n) is 17.1. The van der Waals surface area contributed by atoms with Crippen LogP contribution in [-0.4, -0.2) is 58.8 Å². The van der Waals surface area contributed by atoms with E-state index in [1.165, 1.54) is 0 Å². The van der Waals surface area contributed by atoms with E-state index in [1.54, 1.807) is 10.9 Å². The number of hydrogen-bond acceptors (Lipinski definition) is 5. The largest absolute Gasteiger partial charge is 0.462 e. The van der Waals surface area contributed by atoms with Crippen molar-refractivity contribution in [2.45, 2.75) is 45.3 Å². The van der Waals surface area contributed by atoms with Crippen molar-refractivity contribution < 1.29 is 14.3 Å². The topological polar surface area (TPSA) is 76.5 Å². The first-order valence-electron chi connectivity index (χ1n) is 9.51. The standard InChI is InChI=1S/C16H20N4O.C5H10O2/c1-19(14-7-10-17-11-8-14)16(21)13-3-5-15(6-4-13)20-12-2-9-18-20;1-5(2,3)7-4-6/h2-6,9,12,14,17H,7-8,10-11H2,1H3;4H,1-3H3. The lowest BCUT2D eigenvalue weighted by atomic mass is 10.0. The number of piperidine rings is 1. The molecule has 0 atom stereocenters. The molecule has 0 unspecified atom stereocenters. The van der Waals surface area contributed by atoms with E-state index in [2.05, 4.69) is 15.2 Å². The Kier molecular flexibility index (Phi) is 7.75. The second kappa shape index (κ2) is 10.0. The lowest BCUT2D eigenvalue weighted by Crippen LogP contribution is -2.43. The monoisotopic (exact) mass is 386 g/mol. The lowest BCUT2D eigenvalue weighted by Gasteiger charge is -2.31. The molecule has 7 nitrogen and oxygen atoms in total. The minimum Gasteiger partial charge on any atom is -0.462 e. The molecule has 152 valence electrons. The molecule has 1 aromatic carbocycles. The molecule has 1 aromatic heterocycles. The number of rotatable bonds is 4. The zero-order chi connectivity index (χ0) is 20.6. The van der Waals surface area contributed by atoms with Crippen LogP contribution < -0.4 is 5.32 Å². The molecular weight excluding hydrogens is 356 g/mol. The van der Waals surface area contributed by atoms with Crippen LogP contribution in [-0.2, 0) is 9.53 Å². The summed E-state index contributed by atoms with van der Waals surface area (Å²) in [4.78, 5) is 24.0. The van der Waals surface area contributed by atoms with Crippen molar-refractivity contribution in [3.63, 3.8) is 0 Å². The van der Waals surface area contributed by atoms with Gasteiger partial charge in [0.2, 0.25) is 0 Å². The fraction of sp³-hybridized carbons (Fsp3) is 0.476. The Morgan fingerprint density at radius 1 is 1.25 bits per heavy atom. The smallest absolute Gasteiger partial charge is 0.293 e. The minimum absolute atomic E-state index is 0.0916. The van der Waals surface area contributed by atoms with Crippen LogP contribution in [0.2, 0.25) is 0 Å². The second-order valence-electron chi connectivity index (χ2n) is 7.72. The first-order chi connectivity index (χ1) is 13.3. The van der Waals surface area contributed by atoms with Crippen LogP contribution in [0.15, 0.2) is 42.7 Å². The van der Waals surface area contributed by atoms with Gasteiger partial charge in [0.15, 0.2) is 0 Å². The van der Waals surface area contributed by atoms with E-state index in [9.17, 15) is 9.59 Å². The normalized spacial score (nSPS) is 14.6. The number of carbonyl (C=O) groups is 2. The molecule has 1 N–H and O–H groups in total. The third-order valence-electron chi connectivity index (χ3n) is 4.46. The molecule has 2 aromatic rings. The molecule has 0 saturated carbocycles. The third-order valence-corrected chi connectivity index (χ3v) is 4.46. The molecular formula is C21H30N4O3. The molecule has 28 heavy (non-hydrogen) atoms. The number of aromatic nitrogens is 2. The molecule has 0 bridgehead atoms. The first-order valence-corrected chi connectivity index (χ1v) is 9.51. The highest BCUT2D eigenvalue weighted by Crippen LogP contribution is 2.15. The molecule has 0 radical (unpaired) electrons. The molecule has 1 amide bonds. The van der Waals surface area contributed by atoms with Crippen LogP contribution in [0, 0.1) is 0 Å². The molecule has 1 aliphatic rings. The van der Waals surface area contributed by atoms with Gasteiger partial charge in [-0.05, 0) is 77.0 Å². The van der Waals surface area contributed by atoms with Crippen molar-refractivity contribution in [3.8, 4) is 5.69 Å². The number of nitrogens with zero attached hydrogens (tertiary/aromatic N) is 3. The maximum Gasteiger partial charge on any atom is 0.293 e. The van der Waals surface area contributed by atoms with E-state index in [-0.39, 0.29) is 11.5 Å². The SMILES string of the molecule is CC(C)(C)OC=O.CN(C(=O)c1ccc(-n2cccn2)cc1)C1CCNCC1. The van der Waals surface area contributed by atoms with Gasteiger partial charge in [0.25, 0.3) is 12.4 Å². The quantitative estimate of drug-likeness (QED) is 0.818. The predicted octanol–water partition coefficient (Wildman–Crippen LogP) is 2.65. The van der Waals surface area contributed by atoms with Crippen molar-refractivity contribution in [2.75, 3.05) is 20.1 Å². The van der Waals surface area contributed by atoms with Crippen LogP contribution in [0.25, 0.3) is 5.69 Å². The summed E-state index contributed by atoms with van der Waals surface area (Å²) < 4.78 is 6.33. The van der Waals surface area contributed by atoms with Crippen molar-refractivity contribution >= 4 is 12.4 Å². The van der Waals surface area contributed by atoms with Gasteiger partial charge in [-0.3, -0.25) is 9.59 Å². The lowest BCUT2D eigenvalue weighted by molar-refractivity contribution is -0.138. The third kappa shape index (κ3) is 6.49. The average Bonchev–Trinajstić information content (AvgIpc) is 3.22. The number of nitrogens with one attached hydrogen (secondary N) is 1. The number of amides is 1. The molecule has 3 rings (SSSR count). The van der Waals surface area contributed by atoms with Crippen molar-refractivity contribution in [3.05, 3.63) is 48.3 Å². The highest BCUT2D eigenvalue weighted by atomic mass is 16.5. The van der Waals surface area contributed by atoms with Crippen molar-refractivity contribution in [1.82, 2.24) is 20.0 Å². The molecule has 7 heteroatoms. The van der Waals surface area contributed by atoms with Crippen LogP contribution >= 0.6 is 0 Å². The first kappa shape index (κ1) is 21.6. The van der Waals surface area contributed by atoms with Gasteiger partial charge < -0.3 is 15.0 Å². The summed E-state index contributed by atoms with van der Waals surface area (Å²) in [5, 5.41) is 7.51. The van der Waals surface area contributed by atoms with Crippen LogP contribution in [0.1, 0.15) is 44.0 Å². The Bertz CT molecular complexity index is 730. The van der Waals surface area contributed by atoms with Crippen molar-refractivity contribution in [2.24, 2.45) is 0 Å². The van der Waals surface area contributed by atoms with Gasteiger partial charge in [-0.2, -0.15) is 5.10 Å². The fourth-order valence-corrected chi connectivity index (χ4v) is 2.89. The average molecular weight is 386 g/mol. The predicted molar refractivity (Wildman–Crippen MR) is 108 cm³/mol. The van der Waals surface area contributed by atoms with Gasteiger partial charge >= 0.3 is 0 Å². The van der Waals surface area contributed by atoms with E-state index < -0.39 is 0 Å². The maximum absolute atomic E-state index is 12.5. The summed E-state index contributed by atoms with van der Waals surface area (Å²) in [6.45, 7) is 7.89. The summed E-state index contributed by atoms with van der Waals surface area (Å²) in [5.41, 5.74) is 1.37. The molecule has 0 spiro atoms. The minimum atomic E-state index is -0.318. The maximum atomic E-state index is 12.5. The summed E-state index contributed by atoms with van der Waals surface area (Å²) in [6, 6.07) is 9.81. The molecule has 0 aliphatic carbocycles. The molecule has 1 aliphatic heterocycles. The fourth-order valence-electron chi connectivity index (χ4n) is 2.89. The number of ether oxygens (including phenoxy) is 1. The van der Waals surface area contributed by atoms with E-state index in [4.69, 9.17) is 0 Å². The summed E-state index contributed by atoms with van der Waals surface area (Å²) in [7, 11) is 1.90. The second-order valence-corrected chi connectivity index (χ2v) is 7.72. The zero-order valence-corrected chi connectivity index (χ0v) is 17.1. The van der Waals surface area contributed by atoms with E-state index in [0.29, 0.717) is 12.5 Å². The summed E-state index contributed by atoms with van der Waals surface area (Å²) >= 11 is 0.